The molecule has 0 amide bonds. The summed E-state index contributed by atoms with van der Waals surface area (Å²) in [6, 6.07) is 7.60. The molecule has 0 unspecified atom stereocenters. The molecule has 0 saturated heterocycles. The van der Waals surface area contributed by atoms with Crippen LogP contribution in [0, 0.1) is 17.0 Å². The molecule has 0 aliphatic carbocycles. The van der Waals surface area contributed by atoms with Crippen molar-refractivity contribution in [2.45, 2.75) is 27.2 Å². The van der Waals surface area contributed by atoms with Gasteiger partial charge >= 0.3 is 5.69 Å². The molecule has 0 heterocycles. The summed E-state index contributed by atoms with van der Waals surface area (Å²) in [5, 5.41) is 30.3. The zero-order chi connectivity index (χ0) is 18.6. The summed E-state index contributed by atoms with van der Waals surface area (Å²) in [5.74, 6) is -0.186. The van der Waals surface area contributed by atoms with Crippen molar-refractivity contribution in [3.8, 4) is 11.5 Å². The Balaban J connectivity index is 2.39. The van der Waals surface area contributed by atoms with Crippen LogP contribution in [0.5, 0.6) is 11.5 Å². The van der Waals surface area contributed by atoms with Gasteiger partial charge in [-0.3, -0.25) is 10.1 Å². The number of benzene rings is 2. The van der Waals surface area contributed by atoms with Crippen molar-refractivity contribution in [1.82, 2.24) is 0 Å². The van der Waals surface area contributed by atoms with Crippen LogP contribution in [0.3, 0.4) is 0 Å². The standard InChI is InChI=1S/C20H21NO4/c1-13(2)4-8-18-14(3)10-17(22)12-16(18)7-5-15-6-9-19(21(24)25)20(23)11-15/h4-7,9-12,22-23H,8H2,1-3H3/b7-5+. The van der Waals surface area contributed by atoms with Crippen molar-refractivity contribution in [2.24, 2.45) is 0 Å². The molecule has 0 radical (unpaired) electrons. The van der Waals surface area contributed by atoms with Gasteiger partial charge < -0.3 is 10.2 Å². The topological polar surface area (TPSA) is 83.6 Å². The highest BCUT2D eigenvalue weighted by molar-refractivity contribution is 5.74. The zero-order valence-corrected chi connectivity index (χ0v) is 14.5. The van der Waals surface area contributed by atoms with Gasteiger partial charge in [0.15, 0.2) is 5.75 Å². The lowest BCUT2D eigenvalue weighted by atomic mass is 9.96. The molecule has 2 N–H and O–H groups in total. The SMILES string of the molecule is CC(C)=CCc1c(C)cc(O)cc1/C=C/c1ccc([N+](=O)[O-])c(O)c1. The summed E-state index contributed by atoms with van der Waals surface area (Å²) in [6.07, 6.45) is 6.46. The molecule has 0 atom stereocenters. The molecule has 0 aromatic heterocycles. The fraction of sp³-hybridized carbons (Fsp3) is 0.200. The van der Waals surface area contributed by atoms with E-state index in [-0.39, 0.29) is 17.2 Å². The quantitative estimate of drug-likeness (QED) is 0.348. The Kier molecular flexibility index (Phi) is 5.60. The number of aryl methyl sites for hydroxylation is 1. The molecular formula is C20H21NO4. The van der Waals surface area contributed by atoms with Crippen molar-refractivity contribution in [1.29, 1.82) is 0 Å². The summed E-state index contributed by atoms with van der Waals surface area (Å²) in [6.45, 7) is 6.01. The summed E-state index contributed by atoms with van der Waals surface area (Å²) in [5.41, 5.74) is 4.48. The Morgan fingerprint density at radius 2 is 1.88 bits per heavy atom. The first kappa shape index (κ1) is 18.3. The molecule has 25 heavy (non-hydrogen) atoms. The van der Waals surface area contributed by atoms with E-state index < -0.39 is 4.92 Å². The van der Waals surface area contributed by atoms with E-state index >= 15 is 0 Å². The van der Waals surface area contributed by atoms with E-state index in [0.29, 0.717) is 5.56 Å². The molecule has 0 bridgehead atoms. The lowest BCUT2D eigenvalue weighted by Gasteiger charge is -2.10. The third-order valence-electron chi connectivity index (χ3n) is 3.86. The van der Waals surface area contributed by atoms with Gasteiger partial charge in [-0.15, -0.1) is 0 Å². The number of nitro benzene ring substituents is 1. The second-order valence-corrected chi connectivity index (χ2v) is 6.15. The van der Waals surface area contributed by atoms with Crippen LogP contribution in [0.2, 0.25) is 0 Å². The smallest absolute Gasteiger partial charge is 0.310 e. The monoisotopic (exact) mass is 339 g/mol. The number of phenolic OH excluding ortho intramolecular Hbond substituents is 2. The number of rotatable bonds is 5. The first-order chi connectivity index (χ1) is 11.8. The van der Waals surface area contributed by atoms with E-state index in [0.717, 1.165) is 23.1 Å². The average molecular weight is 339 g/mol. The molecule has 2 aromatic rings. The summed E-state index contributed by atoms with van der Waals surface area (Å²) in [7, 11) is 0. The summed E-state index contributed by atoms with van der Waals surface area (Å²) in [4.78, 5) is 10.1. The van der Waals surface area contributed by atoms with Crippen LogP contribution in [0.15, 0.2) is 42.0 Å². The number of hydrogen-bond donors (Lipinski definition) is 2. The second kappa shape index (κ2) is 7.66. The lowest BCUT2D eigenvalue weighted by Crippen LogP contribution is -1.93. The minimum atomic E-state index is -0.626. The van der Waals surface area contributed by atoms with E-state index in [1.165, 1.54) is 17.7 Å². The van der Waals surface area contributed by atoms with Crippen LogP contribution in [0.1, 0.15) is 36.1 Å². The molecule has 0 aliphatic heterocycles. The predicted molar refractivity (Wildman–Crippen MR) is 99.7 cm³/mol. The lowest BCUT2D eigenvalue weighted by molar-refractivity contribution is -0.385. The Bertz CT molecular complexity index is 862. The van der Waals surface area contributed by atoms with Crippen LogP contribution in [-0.4, -0.2) is 15.1 Å². The molecule has 130 valence electrons. The van der Waals surface area contributed by atoms with Crippen LogP contribution in [-0.2, 0) is 6.42 Å². The van der Waals surface area contributed by atoms with Crippen molar-refractivity contribution in [2.75, 3.05) is 0 Å². The molecule has 5 heteroatoms. The number of nitro groups is 1. The Morgan fingerprint density at radius 3 is 2.48 bits per heavy atom. The predicted octanol–water partition coefficient (Wildman–Crippen LogP) is 4.99. The van der Waals surface area contributed by atoms with Gasteiger partial charge in [0.2, 0.25) is 0 Å². The van der Waals surface area contributed by atoms with Gasteiger partial charge in [-0.05, 0) is 73.7 Å². The fourth-order valence-electron chi connectivity index (χ4n) is 2.54. The Hall–Kier alpha value is -3.08. The van der Waals surface area contributed by atoms with Gasteiger partial charge in [-0.2, -0.15) is 0 Å². The van der Waals surface area contributed by atoms with Crippen LogP contribution in [0.25, 0.3) is 12.2 Å². The molecule has 2 rings (SSSR count). The van der Waals surface area contributed by atoms with E-state index in [1.54, 1.807) is 24.3 Å². The van der Waals surface area contributed by atoms with E-state index in [4.69, 9.17) is 0 Å². The molecule has 5 nitrogen and oxygen atoms in total. The second-order valence-electron chi connectivity index (χ2n) is 6.15. The number of allylic oxidation sites excluding steroid dienone is 2. The number of phenols is 2. The highest BCUT2D eigenvalue weighted by atomic mass is 16.6. The fourth-order valence-corrected chi connectivity index (χ4v) is 2.54. The summed E-state index contributed by atoms with van der Waals surface area (Å²) < 4.78 is 0. The maximum Gasteiger partial charge on any atom is 0.310 e. The van der Waals surface area contributed by atoms with Crippen LogP contribution in [0.4, 0.5) is 5.69 Å². The minimum absolute atomic E-state index is 0.185. The molecule has 0 spiro atoms. The number of nitrogens with zero attached hydrogens (tertiary/aromatic N) is 1. The van der Waals surface area contributed by atoms with Gasteiger partial charge in [0.25, 0.3) is 0 Å². The number of hydrogen-bond acceptors (Lipinski definition) is 4. The zero-order valence-electron chi connectivity index (χ0n) is 14.5. The van der Waals surface area contributed by atoms with E-state index in [1.807, 2.05) is 26.8 Å². The van der Waals surface area contributed by atoms with Crippen molar-refractivity contribution < 1.29 is 15.1 Å². The van der Waals surface area contributed by atoms with Crippen molar-refractivity contribution in [3.05, 3.63) is 74.3 Å². The molecule has 0 saturated carbocycles. The maximum absolute atomic E-state index is 10.8. The molecule has 0 fully saturated rings. The van der Waals surface area contributed by atoms with Gasteiger partial charge in [0.1, 0.15) is 5.75 Å². The first-order valence-electron chi connectivity index (χ1n) is 7.89. The largest absolute Gasteiger partial charge is 0.508 e. The number of aromatic hydroxyl groups is 2. The van der Waals surface area contributed by atoms with Crippen molar-refractivity contribution >= 4 is 17.8 Å². The van der Waals surface area contributed by atoms with Gasteiger partial charge in [0.05, 0.1) is 4.92 Å². The summed E-state index contributed by atoms with van der Waals surface area (Å²) >= 11 is 0. The van der Waals surface area contributed by atoms with Crippen LogP contribution >= 0.6 is 0 Å². The molecule has 2 aromatic carbocycles. The Labute approximate surface area is 146 Å². The third kappa shape index (κ3) is 4.70. The first-order valence-corrected chi connectivity index (χ1v) is 7.89. The van der Waals surface area contributed by atoms with E-state index in [9.17, 15) is 20.3 Å². The van der Waals surface area contributed by atoms with Crippen molar-refractivity contribution in [3.63, 3.8) is 0 Å². The van der Waals surface area contributed by atoms with E-state index in [2.05, 4.69) is 6.08 Å². The van der Waals surface area contributed by atoms with Gasteiger partial charge in [-0.25, -0.2) is 0 Å². The minimum Gasteiger partial charge on any atom is -0.508 e. The normalized spacial score (nSPS) is 10.8. The third-order valence-corrected chi connectivity index (χ3v) is 3.86. The van der Waals surface area contributed by atoms with Gasteiger partial charge in [0, 0.05) is 6.07 Å². The highest BCUT2D eigenvalue weighted by Crippen LogP contribution is 2.28. The van der Waals surface area contributed by atoms with Gasteiger partial charge in [-0.1, -0.05) is 23.8 Å². The molecular weight excluding hydrogens is 318 g/mol. The van der Waals surface area contributed by atoms with Crippen LogP contribution < -0.4 is 0 Å². The maximum atomic E-state index is 10.8. The Morgan fingerprint density at radius 1 is 1.16 bits per heavy atom. The molecule has 0 aliphatic rings. The average Bonchev–Trinajstić information content (AvgIpc) is 2.51. The highest BCUT2D eigenvalue weighted by Gasteiger charge is 2.12.